The van der Waals surface area contributed by atoms with Crippen LogP contribution in [-0.4, -0.2) is 91.2 Å². The fraction of sp³-hybridized carbons (Fsp3) is 0.630. The predicted octanol–water partition coefficient (Wildman–Crippen LogP) is 1.42. The summed E-state index contributed by atoms with van der Waals surface area (Å²) in [7, 11) is 3.86. The monoisotopic (exact) mass is 497 g/mol. The quantitative estimate of drug-likeness (QED) is 0.591. The average Bonchev–Trinajstić information content (AvgIpc) is 3.44. The highest BCUT2D eigenvalue weighted by Crippen LogP contribution is 2.32. The number of amides is 3. The molecule has 2 N–H and O–H groups in total. The molecule has 36 heavy (non-hydrogen) atoms. The van der Waals surface area contributed by atoms with Gasteiger partial charge in [0.15, 0.2) is 5.78 Å². The maximum atomic E-state index is 13.7. The molecule has 0 bridgehead atoms. The molecule has 0 aromatic heterocycles. The maximum absolute atomic E-state index is 13.7. The van der Waals surface area contributed by atoms with Crippen LogP contribution in [0.2, 0.25) is 0 Å². The molecule has 3 saturated heterocycles. The lowest BCUT2D eigenvalue weighted by atomic mass is 10.0. The van der Waals surface area contributed by atoms with Crippen molar-refractivity contribution in [3.63, 3.8) is 0 Å². The maximum Gasteiger partial charge on any atom is 0.251 e. The number of hydrogen-bond donors (Lipinski definition) is 2. The number of Topliss-reactive ketones (excluding diaryl/α,β-unsaturated/α-hetero) is 1. The van der Waals surface area contributed by atoms with Crippen molar-refractivity contribution in [2.75, 3.05) is 38.6 Å². The topological polar surface area (TPSA) is 102 Å². The number of carbonyl (C=O) groups excluding carboxylic acids is 4. The van der Waals surface area contributed by atoms with E-state index in [4.69, 9.17) is 0 Å². The van der Waals surface area contributed by atoms with Gasteiger partial charge in [0, 0.05) is 31.9 Å². The van der Waals surface area contributed by atoms with Gasteiger partial charge in [0.1, 0.15) is 12.1 Å². The van der Waals surface area contributed by atoms with Gasteiger partial charge in [-0.1, -0.05) is 20.3 Å². The first-order chi connectivity index (χ1) is 17.2. The Kier molecular flexibility index (Phi) is 7.97. The lowest BCUT2D eigenvalue weighted by Crippen LogP contribution is -2.53. The summed E-state index contributed by atoms with van der Waals surface area (Å²) in [5.41, 5.74) is 1.46. The van der Waals surface area contributed by atoms with Crippen LogP contribution in [0.3, 0.4) is 0 Å². The van der Waals surface area contributed by atoms with Crippen molar-refractivity contribution < 1.29 is 19.2 Å². The van der Waals surface area contributed by atoms with E-state index in [0.717, 1.165) is 31.5 Å². The van der Waals surface area contributed by atoms with Crippen LogP contribution in [-0.2, 0) is 14.4 Å². The lowest BCUT2D eigenvalue weighted by Gasteiger charge is -2.31. The second-order valence-corrected chi connectivity index (χ2v) is 10.9. The Morgan fingerprint density at radius 1 is 1.08 bits per heavy atom. The third kappa shape index (κ3) is 5.40. The van der Waals surface area contributed by atoms with Gasteiger partial charge in [0.2, 0.25) is 11.8 Å². The van der Waals surface area contributed by atoms with E-state index in [1.54, 1.807) is 21.9 Å². The number of rotatable bonds is 7. The SMILES string of the molecule is CC(C)C[C@H](NC(=O)c1ccc(N(C)C)cc1)C(=O)N1CC[C@@H]2[C@H]1C(=O)CN2C(=O)[C@@H]1CCCCN1. The molecule has 0 radical (unpaired) electrons. The van der Waals surface area contributed by atoms with Crippen LogP contribution in [0.5, 0.6) is 0 Å². The highest BCUT2D eigenvalue weighted by molar-refractivity contribution is 6.01. The Balaban J connectivity index is 1.46. The van der Waals surface area contributed by atoms with Crippen molar-refractivity contribution in [3.8, 4) is 0 Å². The Labute approximate surface area is 213 Å². The molecule has 1 aromatic carbocycles. The number of likely N-dealkylation sites (tertiary alicyclic amines) is 2. The van der Waals surface area contributed by atoms with Gasteiger partial charge < -0.3 is 25.3 Å². The molecule has 9 heteroatoms. The first kappa shape index (κ1) is 26.1. The molecule has 4 atom stereocenters. The average molecular weight is 498 g/mol. The van der Waals surface area contributed by atoms with E-state index in [0.29, 0.717) is 24.9 Å². The van der Waals surface area contributed by atoms with Crippen molar-refractivity contribution in [1.82, 2.24) is 20.4 Å². The van der Waals surface area contributed by atoms with E-state index in [1.165, 1.54) is 0 Å². The Morgan fingerprint density at radius 3 is 2.42 bits per heavy atom. The van der Waals surface area contributed by atoms with E-state index < -0.39 is 12.1 Å². The van der Waals surface area contributed by atoms with Gasteiger partial charge in [-0.05, 0) is 62.4 Å². The number of nitrogens with one attached hydrogen (secondary N) is 2. The molecule has 3 aliphatic heterocycles. The van der Waals surface area contributed by atoms with Gasteiger partial charge in [-0.2, -0.15) is 0 Å². The van der Waals surface area contributed by atoms with Gasteiger partial charge >= 0.3 is 0 Å². The van der Waals surface area contributed by atoms with Crippen molar-refractivity contribution in [2.24, 2.45) is 5.92 Å². The third-order valence-electron chi connectivity index (χ3n) is 7.55. The van der Waals surface area contributed by atoms with Crippen molar-refractivity contribution >= 4 is 29.2 Å². The number of benzene rings is 1. The summed E-state index contributed by atoms with van der Waals surface area (Å²) in [4.78, 5) is 58.2. The van der Waals surface area contributed by atoms with Gasteiger partial charge in [0.05, 0.1) is 18.6 Å². The predicted molar refractivity (Wildman–Crippen MR) is 138 cm³/mol. The van der Waals surface area contributed by atoms with Crippen LogP contribution in [0.25, 0.3) is 0 Å². The Morgan fingerprint density at radius 2 is 1.81 bits per heavy atom. The third-order valence-corrected chi connectivity index (χ3v) is 7.55. The smallest absolute Gasteiger partial charge is 0.251 e. The van der Waals surface area contributed by atoms with E-state index in [-0.39, 0.29) is 48.1 Å². The van der Waals surface area contributed by atoms with Gasteiger partial charge in [-0.15, -0.1) is 0 Å². The molecule has 3 aliphatic rings. The normalized spacial score (nSPS) is 24.6. The number of piperidine rings is 1. The van der Waals surface area contributed by atoms with E-state index >= 15 is 0 Å². The van der Waals surface area contributed by atoms with Crippen LogP contribution in [0, 0.1) is 5.92 Å². The minimum atomic E-state index is -0.734. The van der Waals surface area contributed by atoms with Crippen LogP contribution in [0.1, 0.15) is 56.3 Å². The number of hydrogen-bond acceptors (Lipinski definition) is 6. The second kappa shape index (κ2) is 11.0. The highest BCUT2D eigenvalue weighted by Gasteiger charge is 2.52. The second-order valence-electron chi connectivity index (χ2n) is 10.9. The zero-order valence-corrected chi connectivity index (χ0v) is 21.8. The zero-order valence-electron chi connectivity index (χ0n) is 21.8. The summed E-state index contributed by atoms with van der Waals surface area (Å²) in [6.07, 6.45) is 3.88. The Hall–Kier alpha value is -2.94. The van der Waals surface area contributed by atoms with Crippen LogP contribution >= 0.6 is 0 Å². The first-order valence-electron chi connectivity index (χ1n) is 13.1. The minimum Gasteiger partial charge on any atom is -0.378 e. The highest BCUT2D eigenvalue weighted by atomic mass is 16.2. The van der Waals surface area contributed by atoms with Crippen molar-refractivity contribution in [3.05, 3.63) is 29.8 Å². The standard InChI is InChI=1S/C27H39N5O4/c1-17(2)15-21(29-25(34)18-8-10-19(11-9-18)30(3)4)27(36)31-14-12-22-24(31)23(33)16-32(22)26(35)20-7-5-6-13-28-20/h8-11,17,20-22,24,28H,5-7,12-16H2,1-4H3,(H,29,34)/t20-,21-,22+,24-/m0/s1. The van der Waals surface area contributed by atoms with Gasteiger partial charge in [-0.3, -0.25) is 19.2 Å². The first-order valence-corrected chi connectivity index (χ1v) is 13.1. The molecular formula is C27H39N5O4. The molecule has 3 fully saturated rings. The van der Waals surface area contributed by atoms with Crippen LogP contribution in [0.15, 0.2) is 24.3 Å². The summed E-state index contributed by atoms with van der Waals surface area (Å²) in [5.74, 6) is -0.508. The van der Waals surface area contributed by atoms with Crippen LogP contribution in [0.4, 0.5) is 5.69 Å². The number of nitrogens with zero attached hydrogens (tertiary/aromatic N) is 3. The fourth-order valence-electron chi connectivity index (χ4n) is 5.67. The van der Waals surface area contributed by atoms with Gasteiger partial charge in [0.25, 0.3) is 5.91 Å². The lowest BCUT2D eigenvalue weighted by molar-refractivity contribution is -0.138. The molecule has 0 saturated carbocycles. The number of ketones is 1. The molecule has 0 spiro atoms. The van der Waals surface area contributed by atoms with Crippen molar-refractivity contribution in [2.45, 2.75) is 70.1 Å². The van der Waals surface area contributed by atoms with Crippen molar-refractivity contribution in [1.29, 1.82) is 0 Å². The summed E-state index contributed by atoms with van der Waals surface area (Å²) >= 11 is 0. The molecule has 0 aliphatic carbocycles. The number of anilines is 1. The fourth-order valence-corrected chi connectivity index (χ4v) is 5.67. The summed E-state index contributed by atoms with van der Waals surface area (Å²) in [6.45, 7) is 5.28. The van der Waals surface area contributed by atoms with E-state index in [2.05, 4.69) is 10.6 Å². The minimum absolute atomic E-state index is 0.0296. The molecule has 4 rings (SSSR count). The molecular weight excluding hydrogens is 458 g/mol. The van der Waals surface area contributed by atoms with E-state index in [9.17, 15) is 19.2 Å². The molecule has 1 aromatic rings. The summed E-state index contributed by atoms with van der Waals surface area (Å²) in [5, 5.41) is 6.20. The molecule has 0 unspecified atom stereocenters. The largest absolute Gasteiger partial charge is 0.378 e. The molecule has 9 nitrogen and oxygen atoms in total. The van der Waals surface area contributed by atoms with Crippen LogP contribution < -0.4 is 15.5 Å². The van der Waals surface area contributed by atoms with E-state index in [1.807, 2.05) is 45.0 Å². The molecule has 3 heterocycles. The number of fused-ring (bicyclic) bond motifs is 1. The number of carbonyl (C=O) groups is 4. The zero-order chi connectivity index (χ0) is 26.0. The molecule has 196 valence electrons. The summed E-state index contributed by atoms with van der Waals surface area (Å²) < 4.78 is 0. The summed E-state index contributed by atoms with van der Waals surface area (Å²) in [6, 6.07) is 5.33. The molecule has 3 amide bonds. The Bertz CT molecular complexity index is 986. The van der Waals surface area contributed by atoms with Gasteiger partial charge in [-0.25, -0.2) is 0 Å².